The molecular weight excluding hydrogens is 122 g/mol. The molecule has 1 aliphatic rings. The Morgan fingerprint density at radius 1 is 1.60 bits per heavy atom. The van der Waals surface area contributed by atoms with Gasteiger partial charge < -0.3 is 0 Å². The van der Waals surface area contributed by atoms with Crippen molar-refractivity contribution in [2.24, 2.45) is 11.8 Å². The molecule has 1 atom stereocenters. The molecule has 0 aromatic rings. The average Bonchev–Trinajstić information content (AvgIpc) is 2.69. The summed E-state index contributed by atoms with van der Waals surface area (Å²) in [5.41, 5.74) is 0. The van der Waals surface area contributed by atoms with Gasteiger partial charge in [0.15, 0.2) is 0 Å². The van der Waals surface area contributed by atoms with E-state index in [2.05, 4.69) is 11.6 Å². The number of hydrogen-bond acceptors (Lipinski definition) is 0. The van der Waals surface area contributed by atoms with Crippen LogP contribution in [0.1, 0.15) is 33.1 Å². The highest BCUT2D eigenvalue weighted by Crippen LogP contribution is 2.37. The zero-order valence-electron chi connectivity index (χ0n) is 6.88. The average molecular weight is 138 g/mol. The standard InChI is InChI=1S/C9H16N/c1-3-10-7-6-8(2)9-4-5-9/h3,7-9H,4-6H2,1-2H3/q+1. The van der Waals surface area contributed by atoms with Gasteiger partial charge in [0.05, 0.1) is 0 Å². The molecule has 1 nitrogen and oxygen atoms in total. The van der Waals surface area contributed by atoms with Gasteiger partial charge in [-0.1, -0.05) is 6.92 Å². The summed E-state index contributed by atoms with van der Waals surface area (Å²) in [5, 5.41) is 0. The Labute approximate surface area is 62.9 Å². The van der Waals surface area contributed by atoms with Crippen LogP contribution in [-0.4, -0.2) is 12.4 Å². The Hall–Kier alpha value is -0.550. The summed E-state index contributed by atoms with van der Waals surface area (Å²) >= 11 is 0. The summed E-state index contributed by atoms with van der Waals surface area (Å²) in [5.74, 6) is 1.88. The molecule has 0 N–H and O–H groups in total. The molecule has 0 aliphatic heterocycles. The van der Waals surface area contributed by atoms with E-state index in [1.165, 1.54) is 12.8 Å². The molecule has 0 amide bonds. The summed E-state index contributed by atoms with van der Waals surface area (Å²) in [6.45, 7) is 4.28. The van der Waals surface area contributed by atoms with Gasteiger partial charge in [0.2, 0.25) is 0 Å². The van der Waals surface area contributed by atoms with Gasteiger partial charge in [0, 0.05) is 13.3 Å². The summed E-state index contributed by atoms with van der Waals surface area (Å²) in [7, 11) is 0. The molecule has 0 bridgehead atoms. The first-order chi connectivity index (χ1) is 4.84. The second-order valence-corrected chi connectivity index (χ2v) is 3.14. The SMILES string of the molecule is CC=[N+]=CCC(C)C1CC1. The second kappa shape index (κ2) is 3.58. The predicted molar refractivity (Wildman–Crippen MR) is 46.4 cm³/mol. The van der Waals surface area contributed by atoms with Gasteiger partial charge in [-0.05, 0) is 24.7 Å². The molecule has 56 valence electrons. The maximum atomic E-state index is 4.07. The predicted octanol–water partition coefficient (Wildman–Crippen LogP) is 1.65. The van der Waals surface area contributed by atoms with Crippen molar-refractivity contribution >= 4 is 12.4 Å². The van der Waals surface area contributed by atoms with Crippen LogP contribution in [-0.2, 0) is 0 Å². The minimum absolute atomic E-state index is 0.865. The van der Waals surface area contributed by atoms with Gasteiger partial charge in [-0.3, -0.25) is 0 Å². The van der Waals surface area contributed by atoms with Crippen molar-refractivity contribution in [3.8, 4) is 0 Å². The molecule has 1 unspecified atom stereocenters. The van der Waals surface area contributed by atoms with Gasteiger partial charge in [-0.25, -0.2) is 0 Å². The lowest BCUT2D eigenvalue weighted by molar-refractivity contribution is 0.533. The van der Waals surface area contributed by atoms with Gasteiger partial charge in [0.25, 0.3) is 12.4 Å². The Kier molecular flexibility index (Phi) is 2.70. The molecule has 0 heterocycles. The van der Waals surface area contributed by atoms with E-state index in [4.69, 9.17) is 0 Å². The van der Waals surface area contributed by atoms with Crippen molar-refractivity contribution in [1.29, 1.82) is 0 Å². The minimum Gasteiger partial charge on any atom is -0.111 e. The first kappa shape index (κ1) is 7.56. The summed E-state index contributed by atoms with van der Waals surface area (Å²) in [6.07, 6.45) is 7.94. The highest BCUT2D eigenvalue weighted by Gasteiger charge is 2.27. The van der Waals surface area contributed by atoms with E-state index in [1.807, 2.05) is 19.4 Å². The van der Waals surface area contributed by atoms with Crippen LogP contribution in [0.15, 0.2) is 0 Å². The summed E-state index contributed by atoms with van der Waals surface area (Å²) in [6, 6.07) is 0. The molecule has 0 saturated heterocycles. The molecule has 1 aliphatic carbocycles. The van der Waals surface area contributed by atoms with Crippen molar-refractivity contribution in [3.63, 3.8) is 0 Å². The lowest BCUT2D eigenvalue weighted by Crippen LogP contribution is -1.98. The Balaban J connectivity index is 2.17. The lowest BCUT2D eigenvalue weighted by atomic mass is 10.0. The van der Waals surface area contributed by atoms with Crippen LogP contribution in [0.2, 0.25) is 0 Å². The molecule has 1 heteroatoms. The van der Waals surface area contributed by atoms with Gasteiger partial charge in [0.1, 0.15) is 0 Å². The van der Waals surface area contributed by atoms with E-state index in [1.54, 1.807) is 0 Å². The Morgan fingerprint density at radius 2 is 2.30 bits per heavy atom. The lowest BCUT2D eigenvalue weighted by Gasteiger charge is -1.99. The van der Waals surface area contributed by atoms with Crippen LogP contribution >= 0.6 is 0 Å². The minimum atomic E-state index is 0.865. The Morgan fingerprint density at radius 3 is 2.80 bits per heavy atom. The van der Waals surface area contributed by atoms with E-state index in [0.717, 1.165) is 18.3 Å². The van der Waals surface area contributed by atoms with Crippen molar-refractivity contribution in [2.75, 3.05) is 0 Å². The highest BCUT2D eigenvalue weighted by molar-refractivity contribution is 5.64. The molecule has 0 aromatic carbocycles. The van der Waals surface area contributed by atoms with Crippen molar-refractivity contribution in [1.82, 2.24) is 4.67 Å². The van der Waals surface area contributed by atoms with Crippen LogP contribution in [0, 0.1) is 11.8 Å². The van der Waals surface area contributed by atoms with Crippen LogP contribution in [0.25, 0.3) is 0 Å². The van der Waals surface area contributed by atoms with Crippen LogP contribution < -0.4 is 4.67 Å². The van der Waals surface area contributed by atoms with E-state index in [0.29, 0.717) is 0 Å². The highest BCUT2D eigenvalue weighted by atomic mass is 14.5. The van der Waals surface area contributed by atoms with Crippen molar-refractivity contribution < 1.29 is 0 Å². The maximum absolute atomic E-state index is 4.07. The van der Waals surface area contributed by atoms with Crippen LogP contribution in [0.4, 0.5) is 0 Å². The van der Waals surface area contributed by atoms with Crippen LogP contribution in [0.3, 0.4) is 0 Å². The molecule has 0 aromatic heterocycles. The quantitative estimate of drug-likeness (QED) is 0.416. The number of nitrogens with zero attached hydrogens (tertiary/aromatic N) is 1. The summed E-state index contributed by atoms with van der Waals surface area (Å²) in [4.78, 5) is 0. The number of hydrogen-bond donors (Lipinski definition) is 0. The smallest absolute Gasteiger partial charge is 0.111 e. The normalized spacial score (nSPS) is 19.4. The molecular formula is C9H16N+. The van der Waals surface area contributed by atoms with E-state index in [9.17, 15) is 0 Å². The largest absolute Gasteiger partial charge is 0.268 e. The third-order valence-corrected chi connectivity index (χ3v) is 2.16. The fourth-order valence-electron chi connectivity index (χ4n) is 1.19. The topological polar surface area (TPSA) is 14.1 Å². The van der Waals surface area contributed by atoms with E-state index in [-0.39, 0.29) is 0 Å². The van der Waals surface area contributed by atoms with E-state index >= 15 is 0 Å². The van der Waals surface area contributed by atoms with Gasteiger partial charge in [-0.15, -0.1) is 4.67 Å². The zero-order chi connectivity index (χ0) is 7.40. The molecule has 0 radical (unpaired) electrons. The third kappa shape index (κ3) is 2.36. The fraction of sp³-hybridized carbons (Fsp3) is 0.778. The molecule has 1 fully saturated rings. The van der Waals surface area contributed by atoms with Gasteiger partial charge in [-0.2, -0.15) is 0 Å². The third-order valence-electron chi connectivity index (χ3n) is 2.16. The van der Waals surface area contributed by atoms with Crippen molar-refractivity contribution in [3.05, 3.63) is 0 Å². The molecule has 10 heavy (non-hydrogen) atoms. The number of rotatable bonds is 3. The molecule has 0 spiro atoms. The van der Waals surface area contributed by atoms with Crippen LogP contribution in [0.5, 0.6) is 0 Å². The zero-order valence-corrected chi connectivity index (χ0v) is 6.88. The van der Waals surface area contributed by atoms with Gasteiger partial charge >= 0.3 is 0 Å². The first-order valence-electron chi connectivity index (χ1n) is 4.14. The molecule has 1 rings (SSSR count). The maximum Gasteiger partial charge on any atom is 0.268 e. The fourth-order valence-corrected chi connectivity index (χ4v) is 1.19. The second-order valence-electron chi connectivity index (χ2n) is 3.14. The Bertz CT molecular complexity index is 150. The molecule has 1 saturated carbocycles. The van der Waals surface area contributed by atoms with Crippen molar-refractivity contribution in [2.45, 2.75) is 33.1 Å². The summed E-state index contributed by atoms with van der Waals surface area (Å²) < 4.78 is 4.07. The van der Waals surface area contributed by atoms with E-state index < -0.39 is 0 Å². The first-order valence-corrected chi connectivity index (χ1v) is 4.14. The monoisotopic (exact) mass is 138 g/mol.